The Hall–Kier alpha value is -0.920. The first-order chi connectivity index (χ1) is 6.44. The zero-order valence-electron chi connectivity index (χ0n) is 9.15. The Bertz CT molecular complexity index is 297. The van der Waals surface area contributed by atoms with Crippen LogP contribution >= 0.6 is 0 Å². The first-order valence-corrected chi connectivity index (χ1v) is 5.01. The van der Waals surface area contributed by atoms with Crippen LogP contribution in [0.5, 0.6) is 0 Å². The fourth-order valence-corrected chi connectivity index (χ4v) is 1.62. The smallest absolute Gasteiger partial charge is 0.122 e. The molecule has 1 N–H and O–H groups in total. The molecule has 78 valence electrons. The van der Waals surface area contributed by atoms with Gasteiger partial charge in [-0.2, -0.15) is 0 Å². The minimum atomic E-state index is -0.142. The lowest BCUT2D eigenvalue weighted by atomic mass is 9.83. The maximum Gasteiger partial charge on any atom is 0.122 e. The molecule has 0 amide bonds. The van der Waals surface area contributed by atoms with Crippen LogP contribution in [0.3, 0.4) is 0 Å². The average molecular weight is 195 g/mol. The second-order valence-corrected chi connectivity index (χ2v) is 4.74. The van der Waals surface area contributed by atoms with E-state index in [2.05, 4.69) is 0 Å². The van der Waals surface area contributed by atoms with E-state index in [0.717, 1.165) is 30.4 Å². The van der Waals surface area contributed by atoms with Gasteiger partial charge in [-0.3, -0.25) is 0 Å². The number of hydrogen-bond acceptors (Lipinski definition) is 1. The van der Waals surface area contributed by atoms with Crippen molar-refractivity contribution in [2.45, 2.75) is 40.0 Å². The zero-order valence-corrected chi connectivity index (χ0v) is 9.15. The molecule has 0 aromatic carbocycles. The van der Waals surface area contributed by atoms with Gasteiger partial charge in [0.2, 0.25) is 0 Å². The number of halogens is 1. The molecule has 1 aliphatic rings. The Kier molecular flexibility index (Phi) is 3.25. The highest BCUT2D eigenvalue weighted by Crippen LogP contribution is 2.31. The standard InChI is InChI=1S/C12H18FN/c1-9-4-5-10(6-11(9)13)7-12(2,3)8-14/h6,8,14H,4-5,7H2,1-3H3. The van der Waals surface area contributed by atoms with Gasteiger partial charge in [-0.25, -0.2) is 4.39 Å². The highest BCUT2D eigenvalue weighted by Gasteiger charge is 2.19. The fraction of sp³-hybridized carbons (Fsp3) is 0.583. The van der Waals surface area contributed by atoms with Gasteiger partial charge in [0.05, 0.1) is 0 Å². The normalized spacial score (nSPS) is 18.1. The molecule has 0 saturated carbocycles. The summed E-state index contributed by atoms with van der Waals surface area (Å²) < 4.78 is 13.3. The van der Waals surface area contributed by atoms with Gasteiger partial charge in [0.25, 0.3) is 0 Å². The Labute approximate surface area is 85.2 Å². The molecule has 0 heterocycles. The first kappa shape index (κ1) is 11.2. The molecule has 0 atom stereocenters. The van der Waals surface area contributed by atoms with Gasteiger partial charge in [0.15, 0.2) is 0 Å². The summed E-state index contributed by atoms with van der Waals surface area (Å²) in [7, 11) is 0. The molecule has 0 spiro atoms. The van der Waals surface area contributed by atoms with Gasteiger partial charge >= 0.3 is 0 Å². The van der Waals surface area contributed by atoms with Crippen LogP contribution in [0.15, 0.2) is 23.0 Å². The number of rotatable bonds is 3. The molecular weight excluding hydrogens is 177 g/mol. The number of allylic oxidation sites excluding steroid dienone is 4. The minimum absolute atomic E-state index is 0.0768. The van der Waals surface area contributed by atoms with E-state index >= 15 is 0 Å². The van der Waals surface area contributed by atoms with Crippen molar-refractivity contribution in [3.8, 4) is 0 Å². The van der Waals surface area contributed by atoms with Gasteiger partial charge in [-0.15, -0.1) is 0 Å². The van der Waals surface area contributed by atoms with Crippen LogP contribution in [0, 0.1) is 10.8 Å². The predicted molar refractivity (Wildman–Crippen MR) is 58.3 cm³/mol. The molecule has 0 aromatic rings. The van der Waals surface area contributed by atoms with E-state index < -0.39 is 0 Å². The monoisotopic (exact) mass is 195 g/mol. The summed E-state index contributed by atoms with van der Waals surface area (Å²) in [5, 5.41) is 7.26. The molecule has 2 heteroatoms. The molecule has 0 bridgehead atoms. The van der Waals surface area contributed by atoms with Crippen molar-refractivity contribution in [1.82, 2.24) is 0 Å². The van der Waals surface area contributed by atoms with Crippen molar-refractivity contribution >= 4 is 6.21 Å². The fourth-order valence-electron chi connectivity index (χ4n) is 1.62. The van der Waals surface area contributed by atoms with Crippen molar-refractivity contribution in [3.63, 3.8) is 0 Å². The summed E-state index contributed by atoms with van der Waals surface area (Å²) in [5.74, 6) is -0.0768. The third-order valence-electron chi connectivity index (χ3n) is 2.63. The van der Waals surface area contributed by atoms with E-state index in [1.807, 2.05) is 20.8 Å². The van der Waals surface area contributed by atoms with Gasteiger partial charge < -0.3 is 5.41 Å². The van der Waals surface area contributed by atoms with Gasteiger partial charge in [0, 0.05) is 11.6 Å². The van der Waals surface area contributed by atoms with E-state index in [1.165, 1.54) is 6.21 Å². The molecule has 0 saturated heterocycles. The highest BCUT2D eigenvalue weighted by molar-refractivity contribution is 5.61. The molecule has 1 aliphatic carbocycles. The van der Waals surface area contributed by atoms with E-state index in [0.29, 0.717) is 0 Å². The predicted octanol–water partition coefficient (Wildman–Crippen LogP) is 4.02. The molecule has 0 fully saturated rings. The molecule has 0 aromatic heterocycles. The molecule has 0 radical (unpaired) electrons. The lowest BCUT2D eigenvalue weighted by molar-refractivity contribution is 0.510. The minimum Gasteiger partial charge on any atom is -0.313 e. The summed E-state index contributed by atoms with van der Waals surface area (Å²) in [6, 6.07) is 0. The Balaban J connectivity index is 2.73. The quantitative estimate of drug-likeness (QED) is 0.658. The summed E-state index contributed by atoms with van der Waals surface area (Å²) >= 11 is 0. The third kappa shape index (κ3) is 2.79. The maximum absolute atomic E-state index is 13.3. The lowest BCUT2D eigenvalue weighted by Crippen LogP contribution is -2.14. The van der Waals surface area contributed by atoms with Crippen LogP contribution in [0.1, 0.15) is 40.0 Å². The van der Waals surface area contributed by atoms with Crippen molar-refractivity contribution in [2.75, 3.05) is 0 Å². The third-order valence-corrected chi connectivity index (χ3v) is 2.63. The number of nitrogens with one attached hydrogen (secondary N) is 1. The summed E-state index contributed by atoms with van der Waals surface area (Å²) in [4.78, 5) is 0. The Morgan fingerprint density at radius 1 is 1.50 bits per heavy atom. The molecule has 0 unspecified atom stereocenters. The Morgan fingerprint density at radius 3 is 2.64 bits per heavy atom. The van der Waals surface area contributed by atoms with Crippen LogP contribution in [0.4, 0.5) is 4.39 Å². The van der Waals surface area contributed by atoms with Gasteiger partial charge in [0.1, 0.15) is 5.83 Å². The molecular formula is C12H18FN. The molecule has 1 rings (SSSR count). The van der Waals surface area contributed by atoms with E-state index in [1.54, 1.807) is 6.08 Å². The number of hydrogen-bond donors (Lipinski definition) is 1. The van der Waals surface area contributed by atoms with Crippen molar-refractivity contribution < 1.29 is 4.39 Å². The van der Waals surface area contributed by atoms with Crippen molar-refractivity contribution in [3.05, 3.63) is 23.0 Å². The van der Waals surface area contributed by atoms with Crippen LogP contribution in [-0.4, -0.2) is 6.21 Å². The summed E-state index contributed by atoms with van der Waals surface area (Å²) in [6.45, 7) is 5.85. The maximum atomic E-state index is 13.3. The SMILES string of the molecule is CC1=C(F)C=C(CC(C)(C)C=N)CC1. The van der Waals surface area contributed by atoms with Crippen molar-refractivity contribution in [2.24, 2.45) is 5.41 Å². The molecule has 0 aliphatic heterocycles. The molecule has 1 nitrogen and oxygen atoms in total. The van der Waals surface area contributed by atoms with Crippen molar-refractivity contribution in [1.29, 1.82) is 5.41 Å². The second-order valence-electron chi connectivity index (χ2n) is 4.74. The van der Waals surface area contributed by atoms with Crippen LogP contribution in [0.25, 0.3) is 0 Å². The largest absolute Gasteiger partial charge is 0.313 e. The van der Waals surface area contributed by atoms with Gasteiger partial charge in [-0.05, 0) is 37.8 Å². The zero-order chi connectivity index (χ0) is 10.8. The molecule has 14 heavy (non-hydrogen) atoms. The summed E-state index contributed by atoms with van der Waals surface area (Å²) in [5.41, 5.74) is 1.83. The second kappa shape index (κ2) is 4.07. The van der Waals surface area contributed by atoms with Crippen LogP contribution < -0.4 is 0 Å². The van der Waals surface area contributed by atoms with E-state index in [4.69, 9.17) is 5.41 Å². The average Bonchev–Trinajstić information content (AvgIpc) is 2.11. The summed E-state index contributed by atoms with van der Waals surface area (Å²) in [6.07, 6.45) is 5.64. The first-order valence-electron chi connectivity index (χ1n) is 5.01. The van der Waals surface area contributed by atoms with Crippen LogP contribution in [0.2, 0.25) is 0 Å². The van der Waals surface area contributed by atoms with Gasteiger partial charge in [-0.1, -0.05) is 19.4 Å². The van der Waals surface area contributed by atoms with Crippen LogP contribution in [-0.2, 0) is 0 Å². The Morgan fingerprint density at radius 2 is 2.14 bits per heavy atom. The van der Waals surface area contributed by atoms with E-state index in [-0.39, 0.29) is 11.2 Å². The highest BCUT2D eigenvalue weighted by atomic mass is 19.1. The lowest BCUT2D eigenvalue weighted by Gasteiger charge is -2.22. The van der Waals surface area contributed by atoms with E-state index in [9.17, 15) is 4.39 Å². The topological polar surface area (TPSA) is 23.9 Å².